The number of nitrogens with one attached hydrogen (secondary N) is 1. The highest BCUT2D eigenvalue weighted by Crippen LogP contribution is 2.38. The summed E-state index contributed by atoms with van der Waals surface area (Å²) >= 11 is 0. The minimum Gasteiger partial charge on any atom is -0.495 e. The molecule has 144 valence electrons. The van der Waals surface area contributed by atoms with Crippen LogP contribution in [0.4, 0.5) is 5.69 Å². The quantitative estimate of drug-likeness (QED) is 0.852. The number of aryl methyl sites for hydroxylation is 1. The summed E-state index contributed by atoms with van der Waals surface area (Å²) in [5.74, 6) is -0.0156. The summed E-state index contributed by atoms with van der Waals surface area (Å²) in [5, 5.41) is 2.63. The van der Waals surface area contributed by atoms with Gasteiger partial charge >= 0.3 is 0 Å². The number of carbonyl (C=O) groups excluding carboxylic acids is 1. The predicted octanol–water partition coefficient (Wildman–Crippen LogP) is 3.35. The number of carbonyl (C=O) groups is 1. The number of nitrogens with zero attached hydrogens (tertiary/aromatic N) is 1. The van der Waals surface area contributed by atoms with Crippen LogP contribution in [0.15, 0.2) is 47.4 Å². The van der Waals surface area contributed by atoms with Crippen molar-refractivity contribution in [2.24, 2.45) is 0 Å². The number of benzene rings is 2. The van der Waals surface area contributed by atoms with E-state index in [0.29, 0.717) is 5.69 Å². The second-order valence-corrected chi connectivity index (χ2v) is 8.64. The Kier molecular flexibility index (Phi) is 5.53. The van der Waals surface area contributed by atoms with E-state index in [1.54, 1.807) is 19.2 Å². The zero-order valence-electron chi connectivity index (χ0n) is 15.7. The zero-order chi connectivity index (χ0) is 19.6. The van der Waals surface area contributed by atoms with Gasteiger partial charge in [-0.25, -0.2) is 8.42 Å². The van der Waals surface area contributed by atoms with Gasteiger partial charge in [0.2, 0.25) is 15.9 Å². The van der Waals surface area contributed by atoms with Crippen LogP contribution in [0, 0.1) is 0 Å². The van der Waals surface area contributed by atoms with Gasteiger partial charge in [-0.05, 0) is 48.6 Å². The maximum atomic E-state index is 13.4. The predicted molar refractivity (Wildman–Crippen MR) is 104 cm³/mol. The summed E-state index contributed by atoms with van der Waals surface area (Å²) < 4.78 is 33.5. The summed E-state index contributed by atoms with van der Waals surface area (Å²) in [6.45, 7) is 1.38. The van der Waals surface area contributed by atoms with Gasteiger partial charge in [-0.15, -0.1) is 0 Å². The third-order valence-corrected chi connectivity index (χ3v) is 6.81. The molecule has 0 saturated carbocycles. The maximum absolute atomic E-state index is 13.4. The number of methoxy groups -OCH3 is 1. The fourth-order valence-electron chi connectivity index (χ4n) is 3.59. The van der Waals surface area contributed by atoms with Crippen LogP contribution in [0.1, 0.15) is 36.9 Å². The van der Waals surface area contributed by atoms with E-state index in [2.05, 4.69) is 11.4 Å². The van der Waals surface area contributed by atoms with Gasteiger partial charge in [-0.1, -0.05) is 24.3 Å². The molecule has 3 rings (SSSR count). The maximum Gasteiger partial charge on any atom is 0.247 e. The molecule has 0 bridgehead atoms. The highest BCUT2D eigenvalue weighted by molar-refractivity contribution is 7.89. The summed E-state index contributed by atoms with van der Waals surface area (Å²) in [7, 11) is -0.789. The molecule has 2 aromatic carbocycles. The molecule has 1 N–H and O–H groups in total. The first-order chi connectivity index (χ1) is 12.8. The van der Waals surface area contributed by atoms with Crippen LogP contribution in [0.3, 0.4) is 0 Å². The average Bonchev–Trinajstić information content (AvgIpc) is 2.66. The van der Waals surface area contributed by atoms with E-state index < -0.39 is 10.0 Å². The first-order valence-electron chi connectivity index (χ1n) is 8.86. The first kappa shape index (κ1) is 19.4. The van der Waals surface area contributed by atoms with Crippen LogP contribution in [-0.2, 0) is 21.2 Å². The monoisotopic (exact) mass is 388 g/mol. The lowest BCUT2D eigenvalue weighted by atomic mass is 9.88. The van der Waals surface area contributed by atoms with E-state index in [4.69, 9.17) is 4.74 Å². The summed E-state index contributed by atoms with van der Waals surface area (Å²) in [5.41, 5.74) is 2.65. The van der Waals surface area contributed by atoms with Crippen LogP contribution in [-0.4, -0.2) is 32.8 Å². The van der Waals surface area contributed by atoms with Crippen LogP contribution in [0.25, 0.3) is 0 Å². The number of sulfonamides is 1. The third kappa shape index (κ3) is 3.84. The largest absolute Gasteiger partial charge is 0.495 e. The lowest BCUT2D eigenvalue weighted by Gasteiger charge is -2.32. The van der Waals surface area contributed by atoms with E-state index in [-0.39, 0.29) is 22.6 Å². The molecule has 0 aliphatic heterocycles. The second-order valence-electron chi connectivity index (χ2n) is 6.67. The molecule has 1 atom stereocenters. The molecule has 6 nitrogen and oxygen atoms in total. The molecular weight excluding hydrogens is 364 g/mol. The molecule has 2 aromatic rings. The fraction of sp³-hybridized carbons (Fsp3) is 0.350. The number of fused-ring (bicyclic) bond motifs is 1. The van der Waals surface area contributed by atoms with E-state index in [1.807, 2.05) is 18.2 Å². The van der Waals surface area contributed by atoms with Crippen molar-refractivity contribution in [3.8, 4) is 5.75 Å². The number of hydrogen-bond acceptors (Lipinski definition) is 4. The van der Waals surface area contributed by atoms with Crippen molar-refractivity contribution in [1.29, 1.82) is 0 Å². The van der Waals surface area contributed by atoms with Gasteiger partial charge in [0, 0.05) is 25.7 Å². The summed E-state index contributed by atoms with van der Waals surface area (Å²) in [6.07, 6.45) is 2.66. The van der Waals surface area contributed by atoms with Gasteiger partial charge in [0.1, 0.15) is 10.6 Å². The Balaban J connectivity index is 2.03. The third-order valence-electron chi connectivity index (χ3n) is 4.92. The summed E-state index contributed by atoms with van der Waals surface area (Å²) in [6, 6.07) is 12.4. The average molecular weight is 388 g/mol. The topological polar surface area (TPSA) is 75.7 Å². The van der Waals surface area contributed by atoms with Crippen LogP contribution >= 0.6 is 0 Å². The van der Waals surface area contributed by atoms with Crippen molar-refractivity contribution in [3.63, 3.8) is 0 Å². The normalized spacial score (nSPS) is 16.7. The highest BCUT2D eigenvalue weighted by Gasteiger charge is 2.33. The van der Waals surface area contributed by atoms with Gasteiger partial charge in [0.15, 0.2) is 0 Å². The SMILES string of the molecule is COc1ccc(NC(C)=O)cc1S(=O)(=O)N(C)[C@H]1CCCc2ccccc21. The molecular formula is C20H24N2O4S. The molecule has 1 aliphatic carbocycles. The number of rotatable bonds is 5. The van der Waals surface area contributed by atoms with E-state index in [9.17, 15) is 13.2 Å². The number of ether oxygens (including phenoxy) is 1. The number of anilines is 1. The Morgan fingerprint density at radius 1 is 1.22 bits per heavy atom. The van der Waals surface area contributed by atoms with E-state index >= 15 is 0 Å². The molecule has 0 saturated heterocycles. The molecule has 0 unspecified atom stereocenters. The van der Waals surface area contributed by atoms with Gasteiger partial charge < -0.3 is 10.1 Å². The summed E-state index contributed by atoms with van der Waals surface area (Å²) in [4.78, 5) is 11.4. The zero-order valence-corrected chi connectivity index (χ0v) is 16.5. The van der Waals surface area contributed by atoms with Gasteiger partial charge in [-0.2, -0.15) is 4.31 Å². The van der Waals surface area contributed by atoms with Crippen molar-refractivity contribution in [2.45, 2.75) is 37.1 Å². The lowest BCUT2D eigenvalue weighted by molar-refractivity contribution is -0.114. The minimum atomic E-state index is -3.83. The van der Waals surface area contributed by atoms with Crippen molar-refractivity contribution in [2.75, 3.05) is 19.5 Å². The van der Waals surface area contributed by atoms with Crippen LogP contribution in [0.5, 0.6) is 5.75 Å². The van der Waals surface area contributed by atoms with E-state index in [1.165, 1.54) is 30.0 Å². The van der Waals surface area contributed by atoms with Crippen LogP contribution < -0.4 is 10.1 Å². The molecule has 0 radical (unpaired) electrons. The van der Waals surface area contributed by atoms with Gasteiger partial charge in [-0.3, -0.25) is 4.79 Å². The highest BCUT2D eigenvalue weighted by atomic mass is 32.2. The Hall–Kier alpha value is -2.38. The molecule has 0 aromatic heterocycles. The minimum absolute atomic E-state index is 0.0433. The van der Waals surface area contributed by atoms with Crippen LogP contribution in [0.2, 0.25) is 0 Å². The standard InChI is InChI=1S/C20H24N2O4S/c1-14(23)21-16-11-12-19(26-3)20(13-16)27(24,25)22(2)18-10-6-8-15-7-4-5-9-17(15)18/h4-5,7,9,11-13,18H,6,8,10H2,1-3H3,(H,21,23)/t18-/m0/s1. The lowest BCUT2D eigenvalue weighted by Crippen LogP contribution is -2.33. The Labute approximate surface area is 160 Å². The first-order valence-corrected chi connectivity index (χ1v) is 10.3. The molecule has 0 spiro atoms. The van der Waals surface area contributed by atoms with Crippen molar-refractivity contribution < 1.29 is 17.9 Å². The van der Waals surface area contributed by atoms with Crippen molar-refractivity contribution in [3.05, 3.63) is 53.6 Å². The van der Waals surface area contributed by atoms with E-state index in [0.717, 1.165) is 24.8 Å². The smallest absolute Gasteiger partial charge is 0.247 e. The molecule has 1 aliphatic rings. The van der Waals surface area contributed by atoms with Gasteiger partial charge in [0.05, 0.1) is 7.11 Å². The molecule has 7 heteroatoms. The molecule has 0 fully saturated rings. The number of hydrogen-bond donors (Lipinski definition) is 1. The molecule has 0 heterocycles. The second kappa shape index (κ2) is 7.70. The van der Waals surface area contributed by atoms with Gasteiger partial charge in [0.25, 0.3) is 0 Å². The Morgan fingerprint density at radius 3 is 2.67 bits per heavy atom. The fourth-order valence-corrected chi connectivity index (χ4v) is 5.13. The molecule has 1 amide bonds. The van der Waals surface area contributed by atoms with Crippen molar-refractivity contribution >= 4 is 21.6 Å². The Bertz CT molecular complexity index is 956. The number of amides is 1. The van der Waals surface area contributed by atoms with Crippen molar-refractivity contribution in [1.82, 2.24) is 4.31 Å². The molecule has 27 heavy (non-hydrogen) atoms. The Morgan fingerprint density at radius 2 is 1.96 bits per heavy atom.